The van der Waals surface area contributed by atoms with E-state index in [0.717, 1.165) is 5.56 Å². The van der Waals surface area contributed by atoms with Crippen LogP contribution in [0.3, 0.4) is 0 Å². The number of nitrogens with zero attached hydrogens (tertiary/aromatic N) is 1. The maximum absolute atomic E-state index is 11.5. The number of urea groups is 1. The van der Waals surface area contributed by atoms with Crippen LogP contribution in [0, 0.1) is 0 Å². The van der Waals surface area contributed by atoms with Gasteiger partial charge in [0.2, 0.25) is 6.61 Å². The van der Waals surface area contributed by atoms with Crippen LogP contribution in [-0.2, 0) is 19.2 Å². The molecule has 1 aromatic carbocycles. The Kier molecular flexibility index (Phi) is 7.76. The van der Waals surface area contributed by atoms with Crippen molar-refractivity contribution in [2.45, 2.75) is 13.0 Å². The van der Waals surface area contributed by atoms with Gasteiger partial charge in [0.1, 0.15) is 5.75 Å². The van der Waals surface area contributed by atoms with Crippen molar-refractivity contribution in [2.75, 3.05) is 20.8 Å². The van der Waals surface area contributed by atoms with Gasteiger partial charge in [0.25, 0.3) is 5.91 Å². The monoisotopic (exact) mass is 337 g/mol. The van der Waals surface area contributed by atoms with Crippen LogP contribution in [0.4, 0.5) is 4.79 Å². The molecule has 2 N–H and O–H groups in total. The van der Waals surface area contributed by atoms with Crippen molar-refractivity contribution in [3.8, 4) is 5.75 Å². The fraction of sp³-hybridized carbons (Fsp3) is 0.333. The number of hydrogen-bond donors (Lipinski definition) is 2. The van der Waals surface area contributed by atoms with Crippen LogP contribution in [-0.4, -0.2) is 51.0 Å². The third kappa shape index (κ3) is 6.77. The number of hydrogen-bond acceptors (Lipinski definition) is 7. The second-order valence-electron chi connectivity index (χ2n) is 4.48. The lowest BCUT2D eigenvalue weighted by Gasteiger charge is -2.11. The fourth-order valence-electron chi connectivity index (χ4n) is 1.44. The summed E-state index contributed by atoms with van der Waals surface area (Å²) in [5, 5.41) is 7.81. The predicted octanol–water partition coefficient (Wildman–Crippen LogP) is 0.433. The lowest BCUT2D eigenvalue weighted by atomic mass is 10.2. The maximum Gasteiger partial charge on any atom is 0.347 e. The van der Waals surface area contributed by atoms with Crippen LogP contribution in [0.1, 0.15) is 12.5 Å². The maximum atomic E-state index is 11.5. The summed E-state index contributed by atoms with van der Waals surface area (Å²) in [4.78, 5) is 38.7. The summed E-state index contributed by atoms with van der Waals surface area (Å²) in [7, 11) is 2.92. The van der Waals surface area contributed by atoms with Gasteiger partial charge in [-0.25, -0.2) is 9.59 Å². The fourth-order valence-corrected chi connectivity index (χ4v) is 1.44. The molecule has 1 rings (SSSR count). The number of benzene rings is 1. The molecule has 0 saturated heterocycles. The van der Waals surface area contributed by atoms with Gasteiger partial charge in [0.15, 0.2) is 6.10 Å². The highest BCUT2D eigenvalue weighted by Crippen LogP contribution is 2.09. The first kappa shape index (κ1) is 18.9. The molecule has 0 bridgehead atoms. The topological polar surface area (TPSA) is 115 Å². The van der Waals surface area contributed by atoms with E-state index in [2.05, 4.69) is 10.5 Å². The quantitative estimate of drug-likeness (QED) is 0.424. The molecule has 0 aliphatic heterocycles. The van der Waals surface area contributed by atoms with E-state index in [1.165, 1.54) is 20.2 Å². The zero-order valence-corrected chi connectivity index (χ0v) is 13.6. The molecule has 3 amide bonds. The van der Waals surface area contributed by atoms with E-state index in [1.54, 1.807) is 31.4 Å². The number of esters is 1. The van der Waals surface area contributed by atoms with E-state index < -0.39 is 30.6 Å². The van der Waals surface area contributed by atoms with Crippen molar-refractivity contribution in [1.82, 2.24) is 10.6 Å². The Bertz CT molecular complexity index is 600. The highest BCUT2D eigenvalue weighted by atomic mass is 16.7. The first-order valence-corrected chi connectivity index (χ1v) is 6.97. The zero-order valence-electron chi connectivity index (χ0n) is 13.6. The van der Waals surface area contributed by atoms with Crippen LogP contribution in [0.2, 0.25) is 0 Å². The summed E-state index contributed by atoms with van der Waals surface area (Å²) in [6, 6.07) is 6.33. The Labute approximate surface area is 138 Å². The molecule has 0 spiro atoms. The summed E-state index contributed by atoms with van der Waals surface area (Å²) in [5.74, 6) is -0.827. The molecule has 0 aliphatic carbocycles. The molecule has 0 heterocycles. The van der Waals surface area contributed by atoms with Gasteiger partial charge in [0.05, 0.1) is 13.3 Å². The van der Waals surface area contributed by atoms with Gasteiger partial charge in [-0.05, 0) is 36.8 Å². The third-order valence-electron chi connectivity index (χ3n) is 2.72. The van der Waals surface area contributed by atoms with Gasteiger partial charge in [-0.15, -0.1) is 0 Å². The minimum absolute atomic E-state index is 0.468. The molecule has 0 aliphatic rings. The largest absolute Gasteiger partial charge is 0.497 e. The molecular formula is C15H19N3O6. The Hall–Kier alpha value is -3.10. The normalized spacial score (nSPS) is 11.5. The van der Waals surface area contributed by atoms with Crippen molar-refractivity contribution >= 4 is 24.1 Å². The van der Waals surface area contributed by atoms with E-state index in [9.17, 15) is 14.4 Å². The van der Waals surface area contributed by atoms with Crippen molar-refractivity contribution in [2.24, 2.45) is 5.16 Å². The molecule has 0 fully saturated rings. The van der Waals surface area contributed by atoms with Gasteiger partial charge in [-0.2, -0.15) is 0 Å². The predicted molar refractivity (Wildman–Crippen MR) is 84.7 cm³/mol. The second-order valence-corrected chi connectivity index (χ2v) is 4.48. The lowest BCUT2D eigenvalue weighted by molar-refractivity contribution is -0.158. The molecule has 9 nitrogen and oxygen atoms in total. The number of nitrogens with one attached hydrogen (secondary N) is 2. The molecule has 0 aromatic heterocycles. The molecule has 9 heteroatoms. The van der Waals surface area contributed by atoms with Crippen LogP contribution in [0.25, 0.3) is 0 Å². The van der Waals surface area contributed by atoms with Gasteiger partial charge >= 0.3 is 12.0 Å². The molecule has 24 heavy (non-hydrogen) atoms. The number of methoxy groups -OCH3 is 1. The number of ether oxygens (including phenoxy) is 2. The number of imide groups is 1. The SMILES string of the molecule is CNC(=O)NC(=O)[C@@H](C)OC(=O)CO/N=C\c1ccc(OC)cc1. The van der Waals surface area contributed by atoms with E-state index in [1.807, 2.05) is 5.32 Å². The summed E-state index contributed by atoms with van der Waals surface area (Å²) >= 11 is 0. The van der Waals surface area contributed by atoms with Gasteiger partial charge in [0, 0.05) is 7.05 Å². The molecule has 0 unspecified atom stereocenters. The third-order valence-corrected chi connectivity index (χ3v) is 2.72. The number of rotatable bonds is 7. The van der Waals surface area contributed by atoms with Crippen molar-refractivity contribution < 1.29 is 28.7 Å². The van der Waals surface area contributed by atoms with Crippen molar-refractivity contribution in [3.05, 3.63) is 29.8 Å². The van der Waals surface area contributed by atoms with E-state index in [-0.39, 0.29) is 0 Å². The van der Waals surface area contributed by atoms with E-state index >= 15 is 0 Å². The van der Waals surface area contributed by atoms with Crippen LogP contribution >= 0.6 is 0 Å². The number of oxime groups is 1. The molecule has 130 valence electrons. The molecule has 0 radical (unpaired) electrons. The van der Waals surface area contributed by atoms with Gasteiger partial charge in [-0.1, -0.05) is 5.16 Å². The molecule has 0 saturated carbocycles. The summed E-state index contributed by atoms with van der Waals surface area (Å²) in [6.45, 7) is 0.862. The molecule has 1 aromatic rings. The highest BCUT2D eigenvalue weighted by molar-refractivity contribution is 5.97. The summed E-state index contributed by atoms with van der Waals surface area (Å²) in [5.41, 5.74) is 0.752. The van der Waals surface area contributed by atoms with Crippen molar-refractivity contribution in [1.29, 1.82) is 0 Å². The Morgan fingerprint density at radius 2 is 1.92 bits per heavy atom. The zero-order chi connectivity index (χ0) is 17.9. The van der Waals surface area contributed by atoms with Gasteiger partial charge in [-0.3, -0.25) is 10.1 Å². The smallest absolute Gasteiger partial charge is 0.347 e. The van der Waals surface area contributed by atoms with Crippen molar-refractivity contribution in [3.63, 3.8) is 0 Å². The second kappa shape index (κ2) is 9.82. The van der Waals surface area contributed by atoms with Gasteiger partial charge < -0.3 is 19.6 Å². The first-order chi connectivity index (χ1) is 11.5. The average molecular weight is 337 g/mol. The average Bonchev–Trinajstić information content (AvgIpc) is 2.58. The minimum Gasteiger partial charge on any atom is -0.497 e. The van der Waals surface area contributed by atoms with Crippen LogP contribution < -0.4 is 15.4 Å². The number of carbonyl (C=O) groups is 3. The standard InChI is InChI=1S/C15H19N3O6/c1-10(14(20)18-15(21)16-2)24-13(19)9-23-17-8-11-4-6-12(22-3)7-5-11/h4-8,10H,9H2,1-3H3,(H2,16,18,20,21)/b17-8-/t10-/m1/s1. The Morgan fingerprint density at radius 3 is 2.50 bits per heavy atom. The highest BCUT2D eigenvalue weighted by Gasteiger charge is 2.19. The summed E-state index contributed by atoms with van der Waals surface area (Å²) < 4.78 is 9.81. The first-order valence-electron chi connectivity index (χ1n) is 6.97. The lowest BCUT2D eigenvalue weighted by Crippen LogP contribution is -2.43. The van der Waals surface area contributed by atoms with Crippen LogP contribution in [0.5, 0.6) is 5.75 Å². The van der Waals surface area contributed by atoms with E-state index in [0.29, 0.717) is 5.75 Å². The molecular weight excluding hydrogens is 318 g/mol. The Morgan fingerprint density at radius 1 is 1.25 bits per heavy atom. The Balaban J connectivity index is 2.33. The minimum atomic E-state index is -1.14. The van der Waals surface area contributed by atoms with Crippen LogP contribution in [0.15, 0.2) is 29.4 Å². The number of amides is 3. The van der Waals surface area contributed by atoms with E-state index in [4.69, 9.17) is 14.3 Å². The number of carbonyl (C=O) groups excluding carboxylic acids is 3. The molecule has 1 atom stereocenters. The summed E-state index contributed by atoms with van der Waals surface area (Å²) in [6.07, 6.45) is 0.276.